The third-order valence-corrected chi connectivity index (χ3v) is 4.93. The van der Waals surface area contributed by atoms with Crippen molar-refractivity contribution in [3.8, 4) is 11.3 Å². The van der Waals surface area contributed by atoms with Crippen LogP contribution in [0.2, 0.25) is 0 Å². The number of aryl methyl sites for hydroxylation is 2. The van der Waals surface area contributed by atoms with Crippen molar-refractivity contribution in [3.05, 3.63) is 77.5 Å². The van der Waals surface area contributed by atoms with E-state index in [-0.39, 0.29) is 12.1 Å². The topological polar surface area (TPSA) is 59.0 Å². The third-order valence-electron chi connectivity index (χ3n) is 4.93. The molecule has 1 aliphatic rings. The maximum Gasteiger partial charge on any atom is 0.269 e. The molecule has 0 saturated heterocycles. The molecule has 27 heavy (non-hydrogen) atoms. The van der Waals surface area contributed by atoms with E-state index in [0.29, 0.717) is 12.2 Å². The first-order valence-electron chi connectivity index (χ1n) is 9.43. The molecule has 5 nitrogen and oxygen atoms in total. The molecule has 2 aromatic carbocycles. The maximum absolute atomic E-state index is 12.2. The SMILES string of the molecule is Cc1ccc(-c2cc3n(n2)[C@@H](NCCCc2ccccc2)CNC3=O)cc1. The average Bonchev–Trinajstić information content (AvgIpc) is 3.15. The smallest absolute Gasteiger partial charge is 0.269 e. The van der Waals surface area contributed by atoms with Gasteiger partial charge in [-0.1, -0.05) is 60.2 Å². The highest BCUT2D eigenvalue weighted by molar-refractivity contribution is 5.94. The van der Waals surface area contributed by atoms with Gasteiger partial charge in [-0.25, -0.2) is 4.68 Å². The van der Waals surface area contributed by atoms with E-state index in [4.69, 9.17) is 5.10 Å². The molecule has 1 aliphatic heterocycles. The van der Waals surface area contributed by atoms with E-state index in [0.717, 1.165) is 30.6 Å². The van der Waals surface area contributed by atoms with Crippen LogP contribution in [0.1, 0.15) is 34.2 Å². The van der Waals surface area contributed by atoms with Crippen molar-refractivity contribution in [2.75, 3.05) is 13.1 Å². The summed E-state index contributed by atoms with van der Waals surface area (Å²) in [4.78, 5) is 12.2. The molecule has 2 heterocycles. The summed E-state index contributed by atoms with van der Waals surface area (Å²) in [5.41, 5.74) is 5.02. The van der Waals surface area contributed by atoms with Crippen molar-refractivity contribution in [2.45, 2.75) is 25.9 Å². The predicted octanol–water partition coefficient (Wildman–Crippen LogP) is 3.32. The Morgan fingerprint density at radius 3 is 2.70 bits per heavy atom. The first kappa shape index (κ1) is 17.5. The monoisotopic (exact) mass is 360 g/mol. The van der Waals surface area contributed by atoms with Crippen molar-refractivity contribution in [2.24, 2.45) is 0 Å². The van der Waals surface area contributed by atoms with Gasteiger partial charge in [0.2, 0.25) is 0 Å². The van der Waals surface area contributed by atoms with Crippen LogP contribution in [0.25, 0.3) is 11.3 Å². The zero-order valence-corrected chi connectivity index (χ0v) is 15.5. The summed E-state index contributed by atoms with van der Waals surface area (Å²) in [6.45, 7) is 3.48. The number of nitrogens with zero attached hydrogens (tertiary/aromatic N) is 2. The summed E-state index contributed by atoms with van der Waals surface area (Å²) in [5, 5.41) is 11.2. The van der Waals surface area contributed by atoms with Gasteiger partial charge < -0.3 is 5.32 Å². The lowest BCUT2D eigenvalue weighted by Gasteiger charge is -2.25. The van der Waals surface area contributed by atoms with Gasteiger partial charge in [0.1, 0.15) is 11.9 Å². The van der Waals surface area contributed by atoms with Crippen molar-refractivity contribution in [1.29, 1.82) is 0 Å². The fraction of sp³-hybridized carbons (Fsp3) is 0.273. The first-order chi connectivity index (χ1) is 13.2. The van der Waals surface area contributed by atoms with Gasteiger partial charge in [-0.2, -0.15) is 5.10 Å². The molecule has 1 atom stereocenters. The van der Waals surface area contributed by atoms with Crippen LogP contribution in [0.15, 0.2) is 60.7 Å². The second kappa shape index (κ2) is 7.76. The summed E-state index contributed by atoms with van der Waals surface area (Å²) in [5.74, 6) is -0.0665. The highest BCUT2D eigenvalue weighted by Crippen LogP contribution is 2.23. The van der Waals surface area contributed by atoms with Crippen molar-refractivity contribution < 1.29 is 4.79 Å². The lowest BCUT2D eigenvalue weighted by atomic mass is 10.1. The maximum atomic E-state index is 12.2. The van der Waals surface area contributed by atoms with Crippen LogP contribution in [0, 0.1) is 6.92 Å². The van der Waals surface area contributed by atoms with Gasteiger partial charge in [0, 0.05) is 5.56 Å². The lowest BCUT2D eigenvalue weighted by molar-refractivity contribution is 0.0900. The first-order valence-corrected chi connectivity index (χ1v) is 9.43. The molecule has 0 radical (unpaired) electrons. The molecule has 138 valence electrons. The molecule has 0 unspecified atom stereocenters. The number of carbonyl (C=O) groups is 1. The number of fused-ring (bicyclic) bond motifs is 1. The molecule has 0 fully saturated rings. The van der Waals surface area contributed by atoms with E-state index in [9.17, 15) is 4.79 Å². The van der Waals surface area contributed by atoms with Gasteiger partial charge in [-0.15, -0.1) is 0 Å². The number of rotatable bonds is 6. The molecular formula is C22H24N4O. The molecule has 3 aromatic rings. The van der Waals surface area contributed by atoms with E-state index < -0.39 is 0 Å². The highest BCUT2D eigenvalue weighted by Gasteiger charge is 2.26. The Balaban J connectivity index is 1.44. The van der Waals surface area contributed by atoms with Crippen LogP contribution >= 0.6 is 0 Å². The summed E-state index contributed by atoms with van der Waals surface area (Å²) < 4.78 is 1.83. The summed E-state index contributed by atoms with van der Waals surface area (Å²) in [7, 11) is 0. The average molecular weight is 360 g/mol. The third kappa shape index (κ3) is 3.93. The molecule has 5 heteroatoms. The van der Waals surface area contributed by atoms with Crippen LogP contribution < -0.4 is 10.6 Å². The molecule has 1 amide bonds. The van der Waals surface area contributed by atoms with E-state index in [1.54, 1.807) is 0 Å². The molecule has 4 rings (SSSR count). The van der Waals surface area contributed by atoms with Crippen LogP contribution in [-0.4, -0.2) is 28.8 Å². The Labute approximate surface area is 159 Å². The normalized spacial score (nSPS) is 16.0. The minimum Gasteiger partial charge on any atom is -0.347 e. The van der Waals surface area contributed by atoms with Gasteiger partial charge >= 0.3 is 0 Å². The highest BCUT2D eigenvalue weighted by atomic mass is 16.2. The Morgan fingerprint density at radius 2 is 1.93 bits per heavy atom. The molecule has 0 bridgehead atoms. The number of aromatic nitrogens is 2. The largest absolute Gasteiger partial charge is 0.347 e. The Bertz CT molecular complexity index is 915. The predicted molar refractivity (Wildman–Crippen MR) is 107 cm³/mol. The van der Waals surface area contributed by atoms with Crippen LogP contribution in [0.3, 0.4) is 0 Å². The Hall–Kier alpha value is -2.92. The summed E-state index contributed by atoms with van der Waals surface area (Å²) in [6.07, 6.45) is 2.05. The number of hydrogen-bond donors (Lipinski definition) is 2. The quantitative estimate of drug-likeness (QED) is 0.663. The van der Waals surface area contributed by atoms with Gasteiger partial charge in [0.05, 0.1) is 12.2 Å². The molecule has 0 spiro atoms. The molecule has 2 N–H and O–H groups in total. The summed E-state index contributed by atoms with van der Waals surface area (Å²) >= 11 is 0. The fourth-order valence-electron chi connectivity index (χ4n) is 3.40. The number of benzene rings is 2. The van der Waals surface area contributed by atoms with Crippen LogP contribution in [0.4, 0.5) is 0 Å². The van der Waals surface area contributed by atoms with Crippen molar-refractivity contribution in [3.63, 3.8) is 0 Å². The standard InChI is InChI=1S/C22H24N4O/c1-16-9-11-18(12-10-16)19-14-20-22(27)24-15-21(26(20)25-19)23-13-5-8-17-6-3-2-4-7-17/h2-4,6-7,9-12,14,21,23H,5,8,13,15H2,1H3,(H,24,27)/t21-/m1/s1. The summed E-state index contributed by atoms with van der Waals surface area (Å²) in [6, 6.07) is 20.6. The van der Waals surface area contributed by atoms with Gasteiger partial charge in [0.25, 0.3) is 5.91 Å². The lowest BCUT2D eigenvalue weighted by Crippen LogP contribution is -2.45. The van der Waals surface area contributed by atoms with Crippen molar-refractivity contribution in [1.82, 2.24) is 20.4 Å². The minimum atomic E-state index is -0.0665. The number of carbonyl (C=O) groups excluding carboxylic acids is 1. The number of amides is 1. The van der Waals surface area contributed by atoms with E-state index in [1.165, 1.54) is 11.1 Å². The second-order valence-corrected chi connectivity index (χ2v) is 6.99. The molecular weight excluding hydrogens is 336 g/mol. The fourth-order valence-corrected chi connectivity index (χ4v) is 3.40. The van der Waals surface area contributed by atoms with Crippen molar-refractivity contribution >= 4 is 5.91 Å². The second-order valence-electron chi connectivity index (χ2n) is 6.99. The number of nitrogens with one attached hydrogen (secondary N) is 2. The van der Waals surface area contributed by atoms with E-state index >= 15 is 0 Å². The van der Waals surface area contributed by atoms with E-state index in [1.807, 2.05) is 28.9 Å². The van der Waals surface area contributed by atoms with Gasteiger partial charge in [-0.05, 0) is 37.9 Å². The Kier molecular flexibility index (Phi) is 5.03. The Morgan fingerprint density at radius 1 is 1.15 bits per heavy atom. The number of hydrogen-bond acceptors (Lipinski definition) is 3. The minimum absolute atomic E-state index is 0.0207. The molecule has 1 aromatic heterocycles. The molecule has 0 aliphatic carbocycles. The van der Waals surface area contributed by atoms with E-state index in [2.05, 4.69) is 54.0 Å². The zero-order valence-electron chi connectivity index (χ0n) is 15.5. The molecule has 0 saturated carbocycles. The zero-order chi connectivity index (χ0) is 18.6. The van der Waals surface area contributed by atoms with Gasteiger partial charge in [-0.3, -0.25) is 10.1 Å². The van der Waals surface area contributed by atoms with Gasteiger partial charge in [0.15, 0.2) is 0 Å². The van der Waals surface area contributed by atoms with Crippen LogP contribution in [-0.2, 0) is 6.42 Å². The van der Waals surface area contributed by atoms with Crippen LogP contribution in [0.5, 0.6) is 0 Å².